The van der Waals surface area contributed by atoms with E-state index in [0.29, 0.717) is 0 Å². The third kappa shape index (κ3) is 3.52. The molecule has 3 aromatic heterocycles. The minimum absolute atomic E-state index is 0.819. The Morgan fingerprint density at radius 1 is 1.12 bits per heavy atom. The second-order valence-corrected chi connectivity index (χ2v) is 7.94. The van der Waals surface area contributed by atoms with Crippen LogP contribution in [0.5, 0.6) is 0 Å². The van der Waals surface area contributed by atoms with Gasteiger partial charge in [0.25, 0.3) is 0 Å². The average Bonchev–Trinajstić information content (AvgIpc) is 3.36. The van der Waals surface area contributed by atoms with Crippen LogP contribution in [0.4, 0.5) is 0 Å². The molecule has 5 nitrogen and oxygen atoms in total. The summed E-state index contributed by atoms with van der Waals surface area (Å²) in [5.41, 5.74) is 3.03. The van der Waals surface area contributed by atoms with Gasteiger partial charge in [0.15, 0.2) is 10.1 Å². The van der Waals surface area contributed by atoms with Crippen molar-refractivity contribution in [2.75, 3.05) is 5.75 Å². The van der Waals surface area contributed by atoms with Gasteiger partial charge >= 0.3 is 0 Å². The van der Waals surface area contributed by atoms with Gasteiger partial charge < -0.3 is 8.98 Å². The van der Waals surface area contributed by atoms with Gasteiger partial charge in [-0.25, -0.2) is 4.98 Å². The first-order valence-electron chi connectivity index (χ1n) is 7.88. The number of hydrogen-bond acceptors (Lipinski definition) is 6. The lowest BCUT2D eigenvalue weighted by Crippen LogP contribution is -2.01. The van der Waals surface area contributed by atoms with Crippen molar-refractivity contribution < 1.29 is 4.42 Å². The quantitative estimate of drug-likeness (QED) is 0.459. The van der Waals surface area contributed by atoms with Gasteiger partial charge in [-0.15, -0.1) is 10.2 Å². The predicted molar refractivity (Wildman–Crippen MR) is 101 cm³/mol. The summed E-state index contributed by atoms with van der Waals surface area (Å²) in [7, 11) is 0. The zero-order chi connectivity index (χ0) is 17.1. The summed E-state index contributed by atoms with van der Waals surface area (Å²) < 4.78 is 8.80. The fourth-order valence-electron chi connectivity index (χ4n) is 2.60. The highest BCUT2D eigenvalue weighted by Crippen LogP contribution is 2.32. The molecule has 4 rings (SSSR count). The lowest BCUT2D eigenvalue weighted by atomic mass is 10.1. The number of benzene rings is 1. The molecule has 0 N–H and O–H groups in total. The van der Waals surface area contributed by atoms with E-state index in [9.17, 15) is 0 Å². The third-order valence-corrected chi connectivity index (χ3v) is 5.66. The summed E-state index contributed by atoms with van der Waals surface area (Å²) in [5, 5.41) is 9.21. The molecule has 0 atom stereocenters. The Kier molecular flexibility index (Phi) is 4.67. The summed E-state index contributed by atoms with van der Waals surface area (Å²) in [6.07, 6.45) is 3.58. The fourth-order valence-corrected chi connectivity index (χ4v) is 4.42. The first-order valence-corrected chi connectivity index (χ1v) is 9.69. The van der Waals surface area contributed by atoms with Gasteiger partial charge in [-0.3, -0.25) is 0 Å². The SMILES string of the molecule is Cc1nnc(SCCn2cnc(-c3ccccc3)c2-c2ccco2)s1. The summed E-state index contributed by atoms with van der Waals surface area (Å²) in [5.74, 6) is 1.72. The van der Waals surface area contributed by atoms with Crippen LogP contribution in [-0.2, 0) is 6.54 Å². The van der Waals surface area contributed by atoms with Crippen LogP contribution < -0.4 is 0 Å². The molecule has 7 heteroatoms. The van der Waals surface area contributed by atoms with Crippen molar-refractivity contribution in [1.82, 2.24) is 19.7 Å². The molecule has 25 heavy (non-hydrogen) atoms. The van der Waals surface area contributed by atoms with Crippen LogP contribution in [0, 0.1) is 6.92 Å². The van der Waals surface area contributed by atoms with Crippen molar-refractivity contribution in [1.29, 1.82) is 0 Å². The van der Waals surface area contributed by atoms with E-state index in [1.165, 1.54) is 0 Å². The van der Waals surface area contributed by atoms with Crippen LogP contribution in [0.2, 0.25) is 0 Å². The monoisotopic (exact) mass is 368 g/mol. The van der Waals surface area contributed by atoms with Crippen LogP contribution in [0.1, 0.15) is 5.01 Å². The number of imidazole rings is 1. The van der Waals surface area contributed by atoms with E-state index in [1.807, 2.05) is 43.6 Å². The topological polar surface area (TPSA) is 56.7 Å². The van der Waals surface area contributed by atoms with E-state index in [-0.39, 0.29) is 0 Å². The standard InChI is InChI=1S/C18H16N4OS2/c1-13-20-21-18(25-13)24-11-9-22-12-19-16(14-6-3-2-4-7-14)17(22)15-8-5-10-23-15/h2-8,10,12H,9,11H2,1H3. The first kappa shape index (κ1) is 16.1. The summed E-state index contributed by atoms with van der Waals surface area (Å²) in [4.78, 5) is 4.64. The highest BCUT2D eigenvalue weighted by Gasteiger charge is 2.17. The van der Waals surface area contributed by atoms with Crippen molar-refractivity contribution in [2.24, 2.45) is 0 Å². The van der Waals surface area contributed by atoms with Crippen molar-refractivity contribution in [3.05, 3.63) is 60.1 Å². The lowest BCUT2D eigenvalue weighted by molar-refractivity contribution is 0.574. The van der Waals surface area contributed by atoms with E-state index in [1.54, 1.807) is 29.4 Å². The minimum atomic E-state index is 0.819. The van der Waals surface area contributed by atoms with Crippen molar-refractivity contribution in [3.63, 3.8) is 0 Å². The van der Waals surface area contributed by atoms with E-state index in [2.05, 4.69) is 31.9 Å². The molecule has 0 bridgehead atoms. The number of aryl methyl sites for hydroxylation is 2. The zero-order valence-corrected chi connectivity index (χ0v) is 15.3. The molecule has 1 aromatic carbocycles. The molecule has 0 aliphatic rings. The van der Waals surface area contributed by atoms with Gasteiger partial charge in [-0.1, -0.05) is 53.4 Å². The number of hydrogen-bond donors (Lipinski definition) is 0. The highest BCUT2D eigenvalue weighted by molar-refractivity contribution is 8.01. The van der Waals surface area contributed by atoms with Gasteiger partial charge in [-0.2, -0.15) is 0 Å². The second-order valence-electron chi connectivity index (χ2n) is 5.41. The molecule has 0 aliphatic carbocycles. The third-order valence-electron chi connectivity index (χ3n) is 3.70. The van der Waals surface area contributed by atoms with Crippen LogP contribution in [0.15, 0.2) is 63.8 Å². The molecule has 0 unspecified atom stereocenters. The number of furan rings is 1. The summed E-state index contributed by atoms with van der Waals surface area (Å²) in [6, 6.07) is 14.1. The molecule has 0 saturated carbocycles. The molecule has 3 heterocycles. The fraction of sp³-hybridized carbons (Fsp3) is 0.167. The van der Waals surface area contributed by atoms with Gasteiger partial charge in [0, 0.05) is 17.9 Å². The predicted octanol–water partition coefficient (Wildman–Crippen LogP) is 4.76. The molecule has 0 saturated heterocycles. The largest absolute Gasteiger partial charge is 0.463 e. The van der Waals surface area contributed by atoms with Crippen LogP contribution in [0.25, 0.3) is 22.7 Å². The van der Waals surface area contributed by atoms with E-state index in [4.69, 9.17) is 4.42 Å². The van der Waals surface area contributed by atoms with Gasteiger partial charge in [0.1, 0.15) is 10.7 Å². The number of rotatable bonds is 6. The lowest BCUT2D eigenvalue weighted by Gasteiger charge is -2.07. The zero-order valence-electron chi connectivity index (χ0n) is 13.6. The Balaban J connectivity index is 1.60. The number of thioether (sulfide) groups is 1. The summed E-state index contributed by atoms with van der Waals surface area (Å²) >= 11 is 3.34. The molecular formula is C18H16N4OS2. The Morgan fingerprint density at radius 3 is 2.72 bits per heavy atom. The first-order chi connectivity index (χ1) is 12.3. The Morgan fingerprint density at radius 2 is 2.00 bits per heavy atom. The molecule has 4 aromatic rings. The highest BCUT2D eigenvalue weighted by atomic mass is 32.2. The molecule has 126 valence electrons. The number of aromatic nitrogens is 4. The summed E-state index contributed by atoms with van der Waals surface area (Å²) in [6.45, 7) is 2.79. The van der Waals surface area contributed by atoms with Crippen molar-refractivity contribution >= 4 is 23.1 Å². The molecule has 0 fully saturated rings. The Labute approximate surface area is 153 Å². The Hall–Kier alpha value is -2.38. The molecule has 0 spiro atoms. The smallest absolute Gasteiger partial charge is 0.174 e. The Bertz CT molecular complexity index is 945. The number of nitrogens with zero attached hydrogens (tertiary/aromatic N) is 4. The van der Waals surface area contributed by atoms with E-state index >= 15 is 0 Å². The van der Waals surface area contributed by atoms with Gasteiger partial charge in [-0.05, 0) is 19.1 Å². The van der Waals surface area contributed by atoms with Gasteiger partial charge in [0.05, 0.1) is 18.3 Å². The molecular weight excluding hydrogens is 352 g/mol. The van der Waals surface area contributed by atoms with E-state index < -0.39 is 0 Å². The van der Waals surface area contributed by atoms with Crippen LogP contribution in [-0.4, -0.2) is 25.5 Å². The normalized spacial score (nSPS) is 11.1. The van der Waals surface area contributed by atoms with E-state index in [0.717, 1.165) is 44.4 Å². The maximum absolute atomic E-state index is 5.66. The molecule has 0 aliphatic heterocycles. The molecule has 0 amide bonds. The van der Waals surface area contributed by atoms with Crippen molar-refractivity contribution in [3.8, 4) is 22.7 Å². The molecule has 0 radical (unpaired) electrons. The maximum atomic E-state index is 5.66. The van der Waals surface area contributed by atoms with Crippen LogP contribution >= 0.6 is 23.1 Å². The van der Waals surface area contributed by atoms with Crippen LogP contribution in [0.3, 0.4) is 0 Å². The minimum Gasteiger partial charge on any atom is -0.463 e. The maximum Gasteiger partial charge on any atom is 0.174 e. The average molecular weight is 368 g/mol. The van der Waals surface area contributed by atoms with Gasteiger partial charge in [0.2, 0.25) is 0 Å². The van der Waals surface area contributed by atoms with Crippen molar-refractivity contribution in [2.45, 2.75) is 17.8 Å². The second kappa shape index (κ2) is 7.25.